The summed E-state index contributed by atoms with van der Waals surface area (Å²) in [5.41, 5.74) is 1.82. The molecule has 0 aliphatic carbocycles. The van der Waals surface area contributed by atoms with Gasteiger partial charge >= 0.3 is 0 Å². The van der Waals surface area contributed by atoms with E-state index in [0.29, 0.717) is 23.7 Å². The van der Waals surface area contributed by atoms with Gasteiger partial charge in [0.25, 0.3) is 0 Å². The summed E-state index contributed by atoms with van der Waals surface area (Å²) < 4.78 is 19.2. The highest BCUT2D eigenvalue weighted by atomic mass is 19.1. The molecule has 2 aromatic rings. The highest BCUT2D eigenvalue weighted by molar-refractivity contribution is 5.37. The molecule has 0 amide bonds. The first kappa shape index (κ1) is 14.1. The van der Waals surface area contributed by atoms with E-state index >= 15 is 0 Å². The molecule has 1 aliphatic rings. The van der Waals surface area contributed by atoms with Crippen LogP contribution in [0.3, 0.4) is 0 Å². The average Bonchev–Trinajstić information content (AvgIpc) is 2.49. The Hall–Kier alpha value is -1.87. The molecule has 1 aliphatic heterocycles. The fourth-order valence-electron chi connectivity index (χ4n) is 2.95. The van der Waals surface area contributed by atoms with Gasteiger partial charge in [-0.25, -0.2) is 4.39 Å². The molecule has 0 aromatic heterocycles. The summed E-state index contributed by atoms with van der Waals surface area (Å²) in [6.07, 6.45) is 0.636. The molecule has 2 aromatic carbocycles. The Morgan fingerprint density at radius 2 is 2.00 bits per heavy atom. The SMILES string of the molecule is CC(CC1C[C@@H](O)c2cc(F)ccc2O1)c1ccccc1. The van der Waals surface area contributed by atoms with E-state index < -0.39 is 6.10 Å². The summed E-state index contributed by atoms with van der Waals surface area (Å²) in [7, 11) is 0. The zero-order valence-electron chi connectivity index (χ0n) is 12.0. The van der Waals surface area contributed by atoms with Crippen LogP contribution in [0.5, 0.6) is 5.75 Å². The van der Waals surface area contributed by atoms with Crippen LogP contribution in [0.2, 0.25) is 0 Å². The smallest absolute Gasteiger partial charge is 0.125 e. The van der Waals surface area contributed by atoms with Crippen LogP contribution in [0.25, 0.3) is 0 Å². The van der Waals surface area contributed by atoms with E-state index in [9.17, 15) is 9.50 Å². The van der Waals surface area contributed by atoms with Gasteiger partial charge in [-0.2, -0.15) is 0 Å². The van der Waals surface area contributed by atoms with Crippen LogP contribution in [0.4, 0.5) is 4.39 Å². The molecule has 0 spiro atoms. The lowest BCUT2D eigenvalue weighted by molar-refractivity contribution is 0.0585. The first-order chi connectivity index (χ1) is 10.1. The third kappa shape index (κ3) is 3.08. The zero-order valence-corrected chi connectivity index (χ0v) is 12.0. The molecule has 3 atom stereocenters. The van der Waals surface area contributed by atoms with Gasteiger partial charge in [0.1, 0.15) is 17.7 Å². The quantitative estimate of drug-likeness (QED) is 0.916. The van der Waals surface area contributed by atoms with Crippen molar-refractivity contribution in [3.63, 3.8) is 0 Å². The fourth-order valence-corrected chi connectivity index (χ4v) is 2.95. The molecule has 2 unspecified atom stereocenters. The van der Waals surface area contributed by atoms with Crippen LogP contribution in [-0.4, -0.2) is 11.2 Å². The van der Waals surface area contributed by atoms with Gasteiger partial charge in [-0.1, -0.05) is 37.3 Å². The molecular formula is C18H19FO2. The van der Waals surface area contributed by atoms with Crippen molar-refractivity contribution in [2.75, 3.05) is 0 Å². The van der Waals surface area contributed by atoms with Crippen LogP contribution in [0, 0.1) is 5.82 Å². The minimum atomic E-state index is -0.655. The molecule has 0 fully saturated rings. The van der Waals surface area contributed by atoms with Crippen molar-refractivity contribution < 1.29 is 14.2 Å². The Kier molecular flexibility index (Phi) is 3.93. The number of ether oxygens (including phenoxy) is 1. The predicted molar refractivity (Wildman–Crippen MR) is 79.9 cm³/mol. The van der Waals surface area contributed by atoms with Crippen LogP contribution in [0.1, 0.15) is 42.9 Å². The van der Waals surface area contributed by atoms with Crippen molar-refractivity contribution in [2.24, 2.45) is 0 Å². The Bertz CT molecular complexity index is 612. The molecule has 1 heterocycles. The molecule has 0 bridgehead atoms. The van der Waals surface area contributed by atoms with E-state index in [2.05, 4.69) is 19.1 Å². The van der Waals surface area contributed by atoms with Gasteiger partial charge in [-0.05, 0) is 36.1 Å². The molecule has 3 heteroatoms. The molecular weight excluding hydrogens is 267 g/mol. The molecule has 1 N–H and O–H groups in total. The predicted octanol–water partition coefficient (Wildman–Crippen LogP) is 4.20. The minimum Gasteiger partial charge on any atom is -0.490 e. The number of hydrogen-bond donors (Lipinski definition) is 1. The summed E-state index contributed by atoms with van der Waals surface area (Å²) in [5, 5.41) is 10.2. The van der Waals surface area contributed by atoms with Gasteiger partial charge in [0.05, 0.1) is 6.10 Å². The Labute approximate surface area is 124 Å². The number of aliphatic hydroxyl groups is 1. The van der Waals surface area contributed by atoms with Gasteiger partial charge in [0.2, 0.25) is 0 Å². The maximum Gasteiger partial charge on any atom is 0.125 e. The van der Waals surface area contributed by atoms with Gasteiger partial charge < -0.3 is 9.84 Å². The standard InChI is InChI=1S/C18H19FO2/c1-12(13-5-3-2-4-6-13)9-15-11-17(20)16-10-14(19)7-8-18(16)21-15/h2-8,10,12,15,17,20H,9,11H2,1H3/t12?,15?,17-/m1/s1. The van der Waals surface area contributed by atoms with E-state index in [-0.39, 0.29) is 11.9 Å². The van der Waals surface area contributed by atoms with Crippen LogP contribution in [0.15, 0.2) is 48.5 Å². The first-order valence-corrected chi connectivity index (χ1v) is 7.32. The third-order valence-corrected chi connectivity index (χ3v) is 4.10. The number of rotatable bonds is 3. The van der Waals surface area contributed by atoms with Crippen LogP contribution in [-0.2, 0) is 0 Å². The lowest BCUT2D eigenvalue weighted by Crippen LogP contribution is -2.27. The topological polar surface area (TPSA) is 29.5 Å². The molecule has 0 saturated heterocycles. The van der Waals surface area contributed by atoms with E-state index in [1.807, 2.05) is 18.2 Å². The van der Waals surface area contributed by atoms with Crippen molar-refractivity contribution in [3.8, 4) is 5.75 Å². The number of halogens is 1. The zero-order chi connectivity index (χ0) is 14.8. The molecule has 0 radical (unpaired) electrons. The molecule has 0 saturated carbocycles. The Balaban J connectivity index is 1.73. The first-order valence-electron chi connectivity index (χ1n) is 7.32. The second kappa shape index (κ2) is 5.86. The Morgan fingerprint density at radius 1 is 1.24 bits per heavy atom. The van der Waals surface area contributed by atoms with Gasteiger partial charge in [0.15, 0.2) is 0 Å². The van der Waals surface area contributed by atoms with Crippen molar-refractivity contribution in [1.29, 1.82) is 0 Å². The minimum absolute atomic E-state index is 0.0480. The van der Waals surface area contributed by atoms with Crippen molar-refractivity contribution in [2.45, 2.75) is 37.9 Å². The number of benzene rings is 2. The molecule has 2 nitrogen and oxygen atoms in total. The second-order valence-corrected chi connectivity index (χ2v) is 5.72. The number of fused-ring (bicyclic) bond motifs is 1. The maximum absolute atomic E-state index is 13.2. The number of aliphatic hydroxyl groups excluding tert-OH is 1. The van der Waals surface area contributed by atoms with Crippen LogP contribution >= 0.6 is 0 Å². The highest BCUT2D eigenvalue weighted by Crippen LogP contribution is 2.37. The summed E-state index contributed by atoms with van der Waals surface area (Å²) in [6, 6.07) is 14.6. The number of hydrogen-bond acceptors (Lipinski definition) is 2. The van der Waals surface area contributed by atoms with Crippen molar-refractivity contribution in [1.82, 2.24) is 0 Å². The summed E-state index contributed by atoms with van der Waals surface area (Å²) in [4.78, 5) is 0. The largest absolute Gasteiger partial charge is 0.490 e. The van der Waals surface area contributed by atoms with Gasteiger partial charge in [-0.3, -0.25) is 0 Å². The second-order valence-electron chi connectivity index (χ2n) is 5.72. The van der Waals surface area contributed by atoms with Gasteiger partial charge in [0, 0.05) is 12.0 Å². The summed E-state index contributed by atoms with van der Waals surface area (Å²) in [6.45, 7) is 2.16. The monoisotopic (exact) mass is 286 g/mol. The molecule has 21 heavy (non-hydrogen) atoms. The average molecular weight is 286 g/mol. The van der Waals surface area contributed by atoms with E-state index in [4.69, 9.17) is 4.74 Å². The van der Waals surface area contributed by atoms with Crippen molar-refractivity contribution in [3.05, 3.63) is 65.5 Å². The van der Waals surface area contributed by atoms with Crippen molar-refractivity contribution >= 4 is 0 Å². The maximum atomic E-state index is 13.2. The van der Waals surface area contributed by atoms with E-state index in [1.54, 1.807) is 6.07 Å². The lowest BCUT2D eigenvalue weighted by atomic mass is 9.90. The summed E-state index contributed by atoms with van der Waals surface area (Å²) >= 11 is 0. The summed E-state index contributed by atoms with van der Waals surface area (Å²) in [5.74, 6) is 0.610. The fraction of sp³-hybridized carbons (Fsp3) is 0.333. The Morgan fingerprint density at radius 3 is 2.76 bits per heavy atom. The highest BCUT2D eigenvalue weighted by Gasteiger charge is 2.28. The lowest BCUT2D eigenvalue weighted by Gasteiger charge is -2.31. The van der Waals surface area contributed by atoms with E-state index in [0.717, 1.165) is 6.42 Å². The normalized spacial score (nSPS) is 22.2. The molecule has 110 valence electrons. The third-order valence-electron chi connectivity index (χ3n) is 4.10. The van der Waals surface area contributed by atoms with Gasteiger partial charge in [-0.15, -0.1) is 0 Å². The molecule has 3 rings (SSSR count). The van der Waals surface area contributed by atoms with E-state index in [1.165, 1.54) is 17.7 Å². The van der Waals surface area contributed by atoms with Crippen LogP contribution < -0.4 is 4.74 Å².